The number of rotatable bonds is 4. The van der Waals surface area contributed by atoms with E-state index in [9.17, 15) is 0 Å². The van der Waals surface area contributed by atoms with Crippen LogP contribution in [0, 0.1) is 22.7 Å². The number of fused-ring (bicyclic) bond motifs is 1. The maximum atomic E-state index is 9.07. The number of epoxide rings is 1. The number of anilines is 2. The first-order valence-corrected chi connectivity index (χ1v) is 8.54. The maximum Gasteiger partial charge on any atom is 0.185 e. The number of halogens is 1. The Kier molecular flexibility index (Phi) is 3.90. The normalized spacial score (nSPS) is 18.4. The number of benzene rings is 2. The van der Waals surface area contributed by atoms with Crippen LogP contribution in [0.5, 0.6) is 0 Å². The fraction of sp³-hybridized carbons (Fsp3) is 0.118. The molecule has 0 aliphatic carbocycles. The molecule has 3 aromatic rings. The second-order valence-electron chi connectivity index (χ2n) is 5.38. The van der Waals surface area contributed by atoms with E-state index >= 15 is 0 Å². The Hall–Kier alpha value is -2.84. The third-order valence-corrected chi connectivity index (χ3v) is 4.86. The van der Waals surface area contributed by atoms with E-state index in [1.165, 1.54) is 11.3 Å². The minimum atomic E-state index is -0.227. The van der Waals surface area contributed by atoms with Crippen LogP contribution in [-0.2, 0) is 4.74 Å². The van der Waals surface area contributed by atoms with Gasteiger partial charge in [0.05, 0.1) is 21.3 Å². The minimum Gasteiger partial charge on any atom is -0.356 e. The van der Waals surface area contributed by atoms with Gasteiger partial charge < -0.3 is 15.4 Å². The molecule has 8 heteroatoms. The standard InChI is InChI=1S/C17H10ClN5OS/c18-11-2-4-13-14(6-11)25-17(22-13)23-16-15(24-16)21-12-3-1-9(7-19)10(5-12)8-20/h1-6,15-16,21H,(H,22,23). The van der Waals surface area contributed by atoms with Crippen LogP contribution >= 0.6 is 22.9 Å². The predicted octanol–water partition coefficient (Wildman–Crippen LogP) is 3.90. The van der Waals surface area contributed by atoms with Gasteiger partial charge in [0.25, 0.3) is 0 Å². The van der Waals surface area contributed by atoms with Crippen molar-refractivity contribution in [3.8, 4) is 12.1 Å². The van der Waals surface area contributed by atoms with E-state index in [1.54, 1.807) is 18.2 Å². The van der Waals surface area contributed by atoms with Gasteiger partial charge in [-0.3, -0.25) is 0 Å². The summed E-state index contributed by atoms with van der Waals surface area (Å²) in [5.74, 6) is 0. The molecule has 2 heterocycles. The Morgan fingerprint density at radius 2 is 1.84 bits per heavy atom. The number of thiazole rings is 1. The highest BCUT2D eigenvalue weighted by Crippen LogP contribution is 2.32. The van der Waals surface area contributed by atoms with E-state index in [4.69, 9.17) is 26.9 Å². The smallest absolute Gasteiger partial charge is 0.185 e. The molecule has 1 aliphatic rings. The molecule has 0 radical (unpaired) electrons. The molecule has 2 N–H and O–H groups in total. The van der Waals surface area contributed by atoms with Crippen LogP contribution in [0.2, 0.25) is 5.02 Å². The van der Waals surface area contributed by atoms with Gasteiger partial charge in [-0.05, 0) is 36.4 Å². The van der Waals surface area contributed by atoms with Crippen molar-refractivity contribution in [2.45, 2.75) is 12.5 Å². The van der Waals surface area contributed by atoms with Gasteiger partial charge in [-0.15, -0.1) is 0 Å². The van der Waals surface area contributed by atoms with E-state index in [2.05, 4.69) is 15.6 Å². The largest absolute Gasteiger partial charge is 0.356 e. The summed E-state index contributed by atoms with van der Waals surface area (Å²) in [4.78, 5) is 4.49. The van der Waals surface area contributed by atoms with Crippen LogP contribution in [0.1, 0.15) is 11.1 Å². The summed E-state index contributed by atoms with van der Waals surface area (Å²) in [5, 5.41) is 25.8. The number of nitriles is 2. The van der Waals surface area contributed by atoms with Crippen molar-refractivity contribution in [3.05, 3.63) is 52.5 Å². The Morgan fingerprint density at radius 1 is 1.04 bits per heavy atom. The van der Waals surface area contributed by atoms with E-state index in [1.807, 2.05) is 30.3 Å². The molecule has 122 valence electrons. The Bertz CT molecular complexity index is 1050. The van der Waals surface area contributed by atoms with Gasteiger partial charge in [0.2, 0.25) is 0 Å². The maximum absolute atomic E-state index is 9.07. The van der Waals surface area contributed by atoms with Crippen molar-refractivity contribution in [2.24, 2.45) is 0 Å². The van der Waals surface area contributed by atoms with Gasteiger partial charge in [0, 0.05) is 10.7 Å². The molecule has 4 rings (SSSR count). The Balaban J connectivity index is 1.42. The van der Waals surface area contributed by atoms with Gasteiger partial charge >= 0.3 is 0 Å². The van der Waals surface area contributed by atoms with E-state index in [-0.39, 0.29) is 12.5 Å². The molecular weight excluding hydrogens is 358 g/mol. The molecule has 0 amide bonds. The van der Waals surface area contributed by atoms with Gasteiger partial charge in [-0.1, -0.05) is 22.9 Å². The molecule has 1 saturated heterocycles. The van der Waals surface area contributed by atoms with Crippen LogP contribution in [0.3, 0.4) is 0 Å². The molecule has 2 aromatic carbocycles. The molecule has 1 aliphatic heterocycles. The highest BCUT2D eigenvalue weighted by molar-refractivity contribution is 7.22. The second-order valence-corrected chi connectivity index (χ2v) is 6.85. The lowest BCUT2D eigenvalue weighted by molar-refractivity contribution is 0.395. The molecule has 2 atom stereocenters. The van der Waals surface area contributed by atoms with Crippen LogP contribution in [-0.4, -0.2) is 17.4 Å². The number of hydrogen-bond acceptors (Lipinski definition) is 7. The van der Waals surface area contributed by atoms with Gasteiger partial charge in [0.1, 0.15) is 12.1 Å². The SMILES string of the molecule is N#Cc1ccc(NC2OC2Nc2nc3ccc(Cl)cc3s2)cc1C#N. The van der Waals surface area contributed by atoms with Crippen molar-refractivity contribution in [3.63, 3.8) is 0 Å². The molecule has 6 nitrogen and oxygen atoms in total. The predicted molar refractivity (Wildman–Crippen MR) is 96.4 cm³/mol. The van der Waals surface area contributed by atoms with Gasteiger partial charge in [-0.2, -0.15) is 10.5 Å². The Morgan fingerprint density at radius 3 is 2.64 bits per heavy atom. The lowest BCUT2D eigenvalue weighted by Crippen LogP contribution is -2.13. The summed E-state index contributed by atoms with van der Waals surface area (Å²) in [6.45, 7) is 0. The van der Waals surface area contributed by atoms with Crippen molar-refractivity contribution < 1.29 is 4.74 Å². The second kappa shape index (κ2) is 6.23. The third kappa shape index (κ3) is 3.21. The average Bonchev–Trinajstić information content (AvgIpc) is 3.20. The van der Waals surface area contributed by atoms with Crippen molar-refractivity contribution in [1.82, 2.24) is 4.98 Å². The molecule has 2 unspecified atom stereocenters. The summed E-state index contributed by atoms with van der Waals surface area (Å²) in [6, 6.07) is 14.6. The van der Waals surface area contributed by atoms with E-state index < -0.39 is 0 Å². The zero-order valence-corrected chi connectivity index (χ0v) is 14.2. The molecule has 0 bridgehead atoms. The summed E-state index contributed by atoms with van der Waals surface area (Å²) in [5.41, 5.74) is 2.29. The minimum absolute atomic E-state index is 0.211. The van der Waals surface area contributed by atoms with E-state index in [0.717, 1.165) is 21.0 Å². The highest BCUT2D eigenvalue weighted by atomic mass is 35.5. The molecule has 25 heavy (non-hydrogen) atoms. The summed E-state index contributed by atoms with van der Waals surface area (Å²) >= 11 is 7.49. The first-order valence-electron chi connectivity index (χ1n) is 7.35. The van der Waals surface area contributed by atoms with Crippen molar-refractivity contribution >= 4 is 44.0 Å². The van der Waals surface area contributed by atoms with Crippen molar-refractivity contribution in [1.29, 1.82) is 10.5 Å². The zero-order chi connectivity index (χ0) is 17.4. The third-order valence-electron chi connectivity index (χ3n) is 3.68. The fourth-order valence-electron chi connectivity index (χ4n) is 2.40. The first kappa shape index (κ1) is 15.7. The molecular formula is C17H10ClN5OS. The summed E-state index contributed by atoms with van der Waals surface area (Å²) in [7, 11) is 0. The molecule has 1 aromatic heterocycles. The fourth-order valence-corrected chi connectivity index (χ4v) is 3.57. The van der Waals surface area contributed by atoms with Crippen LogP contribution < -0.4 is 10.6 Å². The lowest BCUT2D eigenvalue weighted by atomic mass is 10.1. The van der Waals surface area contributed by atoms with Crippen LogP contribution in [0.15, 0.2) is 36.4 Å². The topological polar surface area (TPSA) is 97.1 Å². The van der Waals surface area contributed by atoms with Crippen molar-refractivity contribution in [2.75, 3.05) is 10.6 Å². The number of aromatic nitrogens is 1. The molecule has 0 spiro atoms. The van der Waals surface area contributed by atoms with E-state index in [0.29, 0.717) is 16.1 Å². The average molecular weight is 368 g/mol. The van der Waals surface area contributed by atoms with Gasteiger partial charge in [-0.25, -0.2) is 4.98 Å². The van der Waals surface area contributed by atoms with Gasteiger partial charge in [0.15, 0.2) is 17.6 Å². The monoisotopic (exact) mass is 367 g/mol. The molecule has 1 fully saturated rings. The first-order chi connectivity index (χ1) is 12.2. The number of ether oxygens (including phenoxy) is 1. The molecule has 0 saturated carbocycles. The number of nitrogens with one attached hydrogen (secondary N) is 2. The number of hydrogen-bond donors (Lipinski definition) is 2. The Labute approximate surface area is 152 Å². The van der Waals surface area contributed by atoms with Crippen LogP contribution in [0.25, 0.3) is 10.2 Å². The van der Waals surface area contributed by atoms with Crippen LogP contribution in [0.4, 0.5) is 10.8 Å². The lowest BCUT2D eigenvalue weighted by Gasteiger charge is -2.04. The number of nitrogens with zero attached hydrogens (tertiary/aromatic N) is 3. The highest BCUT2D eigenvalue weighted by Gasteiger charge is 2.39. The zero-order valence-electron chi connectivity index (χ0n) is 12.7. The summed E-state index contributed by atoms with van der Waals surface area (Å²) < 4.78 is 6.55. The summed E-state index contributed by atoms with van der Waals surface area (Å²) in [6.07, 6.45) is -0.438. The quantitative estimate of drug-likeness (QED) is 0.679.